The molecule has 15 nitrogen and oxygen atoms in total. The Hall–Kier alpha value is -1.96. The number of amides is 4. The van der Waals surface area contributed by atoms with Crippen molar-refractivity contribution in [3.05, 3.63) is 0 Å². The minimum Gasteiger partial charge on any atom is -0.344 e. The number of Topliss-reactive ketones (excluding diaryl/α,β-unsaturated/α-hetero) is 1. The molecule has 324 valence electrons. The summed E-state index contributed by atoms with van der Waals surface area (Å²) in [4.78, 5) is 70.7. The first-order valence-corrected chi connectivity index (χ1v) is 24.3. The Morgan fingerprint density at radius 3 is 1.09 bits per heavy atom. The van der Waals surface area contributed by atoms with Crippen molar-refractivity contribution < 1.29 is 45.2 Å². The van der Waals surface area contributed by atoms with Crippen molar-refractivity contribution in [1.82, 2.24) is 42.5 Å². The molecule has 0 fully saturated rings. The summed E-state index contributed by atoms with van der Waals surface area (Å²) in [6.45, 7) is 18.6. The van der Waals surface area contributed by atoms with Crippen LogP contribution in [0.4, 0.5) is 0 Å². The molecule has 0 spiro atoms. The van der Waals surface area contributed by atoms with E-state index < -0.39 is 47.9 Å². The van der Waals surface area contributed by atoms with E-state index in [-0.39, 0.29) is 57.3 Å². The number of rotatable bonds is 34. The minimum atomic E-state index is -1.00. The number of carbonyl (C=O) groups is 5. The molecule has 5 atom stereocenters. The Bertz CT molecular complexity index is 1070. The number of hydrogen-bond acceptors (Lipinski definition) is 11. The van der Waals surface area contributed by atoms with Crippen molar-refractivity contribution in [3.8, 4) is 0 Å². The van der Waals surface area contributed by atoms with Crippen LogP contribution in [0.1, 0.15) is 120 Å². The van der Waals surface area contributed by atoms with Crippen LogP contribution in [0.15, 0.2) is 0 Å². The maximum atomic E-state index is 14.0. The summed E-state index contributed by atoms with van der Waals surface area (Å²) in [7, 11) is 0. The van der Waals surface area contributed by atoms with Gasteiger partial charge in [0.05, 0.1) is 6.04 Å². The van der Waals surface area contributed by atoms with Crippen LogP contribution in [0.5, 0.6) is 0 Å². The van der Waals surface area contributed by atoms with Crippen LogP contribution in [0.2, 0.25) is 0 Å². The van der Waals surface area contributed by atoms with Crippen molar-refractivity contribution in [2.45, 2.75) is 168 Å². The van der Waals surface area contributed by atoms with Gasteiger partial charge in [0.1, 0.15) is 0 Å². The van der Waals surface area contributed by atoms with Crippen molar-refractivity contribution in [2.75, 3.05) is 42.2 Å². The number of halogens is 1. The van der Waals surface area contributed by atoms with E-state index in [2.05, 4.69) is 61.3 Å². The molecular formula is C39H80IN10O5-. The van der Waals surface area contributed by atoms with Gasteiger partial charge in [-0.2, -0.15) is 0 Å². The summed E-state index contributed by atoms with van der Waals surface area (Å²) in [6.07, 6.45) is 4.95. The topological polar surface area (TPSA) is 234 Å². The first-order chi connectivity index (χ1) is 26.1. The SMILES string of the molecule is C[I-]CNC(CCCN)C(=O)NC(CCCNC(C)C)C(=O)NC(CCCN)C(=O)NC(CCCNC(C)C)C(=O)NC(CCCNC(C)C)C(=O)C(C)C. The predicted molar refractivity (Wildman–Crippen MR) is 219 cm³/mol. The van der Waals surface area contributed by atoms with Gasteiger partial charge in [0, 0.05) is 18.0 Å². The molecule has 0 saturated heterocycles. The van der Waals surface area contributed by atoms with Gasteiger partial charge in [0.15, 0.2) is 5.78 Å². The molecule has 5 unspecified atom stereocenters. The minimum absolute atomic E-state index is 0.0639. The molecule has 0 aromatic carbocycles. The molecule has 0 aliphatic heterocycles. The molecule has 0 radical (unpaired) electrons. The molecule has 12 N–H and O–H groups in total. The van der Waals surface area contributed by atoms with E-state index in [4.69, 9.17) is 11.5 Å². The smallest absolute Gasteiger partial charge is 0.344 e. The number of nitrogens with one attached hydrogen (secondary N) is 8. The zero-order valence-corrected chi connectivity index (χ0v) is 37.7. The molecule has 4 amide bonds. The Morgan fingerprint density at radius 2 is 0.764 bits per heavy atom. The summed E-state index contributed by atoms with van der Waals surface area (Å²) >= 11 is -0.101. The first-order valence-electron chi connectivity index (χ1n) is 20.6. The molecular weight excluding hydrogens is 815 g/mol. The molecule has 16 heteroatoms. The van der Waals surface area contributed by atoms with Gasteiger partial charge in [-0.25, -0.2) is 0 Å². The van der Waals surface area contributed by atoms with Crippen LogP contribution >= 0.6 is 0 Å². The molecule has 0 aromatic heterocycles. The van der Waals surface area contributed by atoms with Gasteiger partial charge >= 0.3 is 197 Å². The van der Waals surface area contributed by atoms with E-state index in [0.717, 1.165) is 4.55 Å². The molecule has 0 bridgehead atoms. The van der Waals surface area contributed by atoms with E-state index in [9.17, 15) is 24.0 Å². The van der Waals surface area contributed by atoms with Crippen LogP contribution in [0.25, 0.3) is 0 Å². The molecule has 0 heterocycles. The summed E-state index contributed by atoms with van der Waals surface area (Å²) in [5, 5.41) is 25.1. The molecule has 0 aliphatic carbocycles. The fourth-order valence-corrected chi connectivity index (χ4v) is 6.79. The summed E-state index contributed by atoms with van der Waals surface area (Å²) in [5.74, 6) is -2.06. The molecule has 0 saturated carbocycles. The Kier molecular flexibility index (Phi) is 30.9. The van der Waals surface area contributed by atoms with Crippen LogP contribution in [0.3, 0.4) is 0 Å². The third-order valence-corrected chi connectivity index (χ3v) is 10.2. The van der Waals surface area contributed by atoms with Gasteiger partial charge in [0.2, 0.25) is 5.91 Å². The normalized spacial score (nSPS) is 14.5. The van der Waals surface area contributed by atoms with Crippen molar-refractivity contribution in [2.24, 2.45) is 17.4 Å². The Balaban J connectivity index is 6.27. The summed E-state index contributed by atoms with van der Waals surface area (Å²) < 4.78 is 0.752. The number of hydrogen-bond donors (Lipinski definition) is 10. The van der Waals surface area contributed by atoms with Crippen molar-refractivity contribution in [3.63, 3.8) is 0 Å². The van der Waals surface area contributed by atoms with Gasteiger partial charge in [0.25, 0.3) is 0 Å². The van der Waals surface area contributed by atoms with E-state index >= 15 is 0 Å². The molecule has 55 heavy (non-hydrogen) atoms. The van der Waals surface area contributed by atoms with Gasteiger partial charge in [-0.05, 0) is 38.8 Å². The van der Waals surface area contributed by atoms with E-state index in [1.807, 2.05) is 41.5 Å². The van der Waals surface area contributed by atoms with Gasteiger partial charge in [-0.3, -0.25) is 9.59 Å². The summed E-state index contributed by atoms with van der Waals surface area (Å²) in [5.41, 5.74) is 11.6. The second kappa shape index (κ2) is 32.0. The molecule has 0 rings (SSSR count). The molecule has 0 aromatic rings. The van der Waals surface area contributed by atoms with Crippen LogP contribution in [-0.2, 0) is 24.0 Å². The van der Waals surface area contributed by atoms with Crippen LogP contribution in [-0.4, -0.2) is 120 Å². The third-order valence-electron chi connectivity index (χ3n) is 8.96. The Morgan fingerprint density at radius 1 is 0.455 bits per heavy atom. The Labute approximate surface area is 343 Å². The van der Waals surface area contributed by atoms with Crippen molar-refractivity contribution >= 4 is 29.4 Å². The fourth-order valence-electron chi connectivity index (χ4n) is 5.81. The van der Waals surface area contributed by atoms with E-state index in [0.29, 0.717) is 96.6 Å². The predicted octanol–water partition coefficient (Wildman–Crippen LogP) is -2.40. The second-order valence-electron chi connectivity index (χ2n) is 15.6. The zero-order chi connectivity index (χ0) is 41.8. The quantitative estimate of drug-likeness (QED) is 0.0142. The van der Waals surface area contributed by atoms with Crippen LogP contribution < -0.4 is 75.2 Å². The number of nitrogens with two attached hydrogens (primary N) is 2. The third kappa shape index (κ3) is 25.8. The van der Waals surface area contributed by atoms with Crippen LogP contribution in [0, 0.1) is 5.92 Å². The second-order valence-corrected chi connectivity index (χ2v) is 17.9. The number of ketones is 1. The average molecular weight is 896 g/mol. The van der Waals surface area contributed by atoms with Crippen molar-refractivity contribution in [1.29, 1.82) is 0 Å². The number of alkyl halides is 2. The number of carbonyl (C=O) groups excluding carboxylic acids is 5. The van der Waals surface area contributed by atoms with E-state index in [1.165, 1.54) is 0 Å². The summed E-state index contributed by atoms with van der Waals surface area (Å²) in [6, 6.07) is -3.19. The van der Waals surface area contributed by atoms with Gasteiger partial charge < -0.3 is 21.7 Å². The first kappa shape index (κ1) is 53.0. The van der Waals surface area contributed by atoms with Gasteiger partial charge in [-0.1, -0.05) is 41.5 Å². The van der Waals surface area contributed by atoms with Gasteiger partial charge in [-0.15, -0.1) is 0 Å². The monoisotopic (exact) mass is 896 g/mol. The zero-order valence-electron chi connectivity index (χ0n) is 35.6. The molecule has 0 aliphatic rings. The van der Waals surface area contributed by atoms with E-state index in [1.54, 1.807) is 0 Å². The average Bonchev–Trinajstić information content (AvgIpc) is 3.12. The maximum absolute atomic E-state index is 14.0. The fraction of sp³-hybridized carbons (Fsp3) is 0.872. The standard InChI is InChI=1S/C39H80IN10O5/c1-26(2)35(51)30(17-12-22-43-27(3)4)47-37(53)33(18-13-23-44-28(5)6)50-38(54)32(16-11-21-42)49-39(55)34(19-14-24-45-29(7)8)48-36(52)31(15-10-20-41)46-25-40-9/h26-34,43-46H,10-25,41-42H2,1-9H3,(H,47,53)(H,48,52)(H,49,55)(H,50,54)/q-1.